The molecule has 0 radical (unpaired) electrons. The summed E-state index contributed by atoms with van der Waals surface area (Å²) < 4.78 is 0. The number of hydrogen-bond acceptors (Lipinski definition) is 2. The number of aliphatic carboxylic acids is 1. The van der Waals surface area contributed by atoms with Crippen molar-refractivity contribution in [2.45, 2.75) is 56.5 Å². The van der Waals surface area contributed by atoms with Crippen molar-refractivity contribution in [3.63, 3.8) is 0 Å². The lowest BCUT2D eigenvalue weighted by molar-refractivity contribution is -0.147. The average molecular weight is 308 g/mol. The zero-order valence-corrected chi connectivity index (χ0v) is 12.9. The number of halogens is 1. The summed E-state index contributed by atoms with van der Waals surface area (Å²) in [6, 6.07) is 7.62. The highest BCUT2D eigenvalue weighted by molar-refractivity contribution is 6.30. The van der Waals surface area contributed by atoms with Gasteiger partial charge in [0.05, 0.1) is 0 Å². The molecule has 3 rings (SSSR count). The number of rotatable bonds is 5. The normalized spacial score (nSPS) is 22.7. The Labute approximate surface area is 130 Å². The van der Waals surface area contributed by atoms with Gasteiger partial charge in [0.25, 0.3) is 0 Å². The molecule has 0 bridgehead atoms. The van der Waals surface area contributed by atoms with Crippen LogP contribution in [0.15, 0.2) is 24.3 Å². The number of hydrogen-bond donors (Lipinski definition) is 2. The molecule has 0 aliphatic heterocycles. The van der Waals surface area contributed by atoms with Crippen LogP contribution in [0, 0.1) is 5.92 Å². The lowest BCUT2D eigenvalue weighted by Gasteiger charge is -2.37. The minimum absolute atomic E-state index is 0.193. The summed E-state index contributed by atoms with van der Waals surface area (Å²) >= 11 is 5.96. The van der Waals surface area contributed by atoms with Crippen molar-refractivity contribution in [3.8, 4) is 0 Å². The Hall–Kier alpha value is -1.06. The smallest absolute Gasteiger partial charge is 0.328 e. The molecule has 0 saturated heterocycles. The van der Waals surface area contributed by atoms with E-state index in [1.807, 2.05) is 12.1 Å². The fourth-order valence-electron chi connectivity index (χ4n) is 3.59. The predicted molar refractivity (Wildman–Crippen MR) is 83.5 cm³/mol. The summed E-state index contributed by atoms with van der Waals surface area (Å²) in [6.45, 7) is 0. The molecule has 1 aromatic carbocycles. The topological polar surface area (TPSA) is 49.3 Å². The fourth-order valence-corrected chi connectivity index (χ4v) is 3.72. The van der Waals surface area contributed by atoms with Gasteiger partial charge in [-0.2, -0.15) is 0 Å². The third-order valence-electron chi connectivity index (χ3n) is 4.86. The highest BCUT2D eigenvalue weighted by atomic mass is 35.5. The molecule has 1 atom stereocenters. The van der Waals surface area contributed by atoms with Crippen molar-refractivity contribution < 1.29 is 9.90 Å². The van der Waals surface area contributed by atoms with Crippen LogP contribution in [0.1, 0.15) is 50.5 Å². The summed E-state index contributed by atoms with van der Waals surface area (Å²) in [7, 11) is 0. The molecule has 21 heavy (non-hydrogen) atoms. The number of nitrogens with one attached hydrogen (secondary N) is 1. The molecule has 1 unspecified atom stereocenters. The van der Waals surface area contributed by atoms with Crippen LogP contribution in [0.2, 0.25) is 5.02 Å². The van der Waals surface area contributed by atoms with E-state index in [0.717, 1.165) is 31.2 Å². The Morgan fingerprint density at radius 1 is 1.10 bits per heavy atom. The van der Waals surface area contributed by atoms with Crippen LogP contribution in [0.5, 0.6) is 0 Å². The van der Waals surface area contributed by atoms with Crippen molar-refractivity contribution in [3.05, 3.63) is 34.9 Å². The van der Waals surface area contributed by atoms with E-state index in [2.05, 4.69) is 5.32 Å². The number of benzene rings is 1. The van der Waals surface area contributed by atoms with E-state index in [4.69, 9.17) is 11.6 Å². The standard InChI is InChI=1S/C17H22ClNO2/c18-14-10-8-13(9-11-14)17(16(20)21,12-6-7-12)19-15-4-2-1-3-5-15/h8-12,15,19H,1-7H2,(H,20,21). The quantitative estimate of drug-likeness (QED) is 0.866. The Balaban J connectivity index is 1.93. The Kier molecular flexibility index (Phi) is 4.23. The summed E-state index contributed by atoms with van der Waals surface area (Å²) in [5.74, 6) is -0.559. The summed E-state index contributed by atoms with van der Waals surface area (Å²) in [5, 5.41) is 14.2. The van der Waals surface area contributed by atoms with E-state index in [9.17, 15) is 9.90 Å². The maximum atomic E-state index is 12.2. The van der Waals surface area contributed by atoms with Gasteiger partial charge < -0.3 is 5.11 Å². The Morgan fingerprint density at radius 2 is 1.71 bits per heavy atom. The first-order valence-corrected chi connectivity index (χ1v) is 8.28. The van der Waals surface area contributed by atoms with Crippen LogP contribution < -0.4 is 5.32 Å². The lowest BCUT2D eigenvalue weighted by atomic mass is 9.82. The minimum atomic E-state index is -0.938. The van der Waals surface area contributed by atoms with Gasteiger partial charge in [0.2, 0.25) is 0 Å². The molecule has 3 nitrogen and oxygen atoms in total. The largest absolute Gasteiger partial charge is 0.480 e. The van der Waals surface area contributed by atoms with E-state index in [0.29, 0.717) is 11.1 Å². The molecule has 0 heterocycles. The first-order chi connectivity index (χ1) is 10.1. The molecule has 2 fully saturated rings. The van der Waals surface area contributed by atoms with Gasteiger partial charge >= 0.3 is 5.97 Å². The lowest BCUT2D eigenvalue weighted by Crippen LogP contribution is -2.55. The van der Waals surface area contributed by atoms with Gasteiger partial charge in [-0.1, -0.05) is 43.0 Å². The highest BCUT2D eigenvalue weighted by Crippen LogP contribution is 2.47. The SMILES string of the molecule is O=C(O)C(NC1CCCCC1)(c1ccc(Cl)cc1)C1CC1. The van der Waals surface area contributed by atoms with Crippen LogP contribution >= 0.6 is 11.6 Å². The van der Waals surface area contributed by atoms with Crippen molar-refractivity contribution in [1.29, 1.82) is 0 Å². The van der Waals surface area contributed by atoms with Crippen LogP contribution in [0.3, 0.4) is 0 Å². The molecular weight excluding hydrogens is 286 g/mol. The summed E-state index contributed by atoms with van der Waals surface area (Å²) in [6.07, 6.45) is 7.77. The van der Waals surface area contributed by atoms with Crippen LogP contribution in [-0.4, -0.2) is 17.1 Å². The van der Waals surface area contributed by atoms with Gasteiger partial charge in [-0.25, -0.2) is 4.79 Å². The molecule has 0 aromatic heterocycles. The van der Waals surface area contributed by atoms with E-state index >= 15 is 0 Å². The Bertz CT molecular complexity index is 506. The van der Waals surface area contributed by atoms with Gasteiger partial charge in [-0.05, 0) is 49.3 Å². The minimum Gasteiger partial charge on any atom is -0.480 e. The second kappa shape index (κ2) is 5.98. The fraction of sp³-hybridized carbons (Fsp3) is 0.588. The van der Waals surface area contributed by atoms with E-state index in [1.165, 1.54) is 19.3 Å². The molecule has 0 spiro atoms. The molecule has 4 heteroatoms. The van der Waals surface area contributed by atoms with Crippen molar-refractivity contribution >= 4 is 17.6 Å². The second-order valence-electron chi connectivity index (χ2n) is 6.37. The predicted octanol–water partition coefficient (Wildman–Crippen LogP) is 3.95. The molecule has 114 valence electrons. The van der Waals surface area contributed by atoms with Gasteiger partial charge in [0, 0.05) is 11.1 Å². The summed E-state index contributed by atoms with van der Waals surface area (Å²) in [4.78, 5) is 12.2. The molecule has 2 saturated carbocycles. The van der Waals surface area contributed by atoms with Gasteiger partial charge in [0.15, 0.2) is 0 Å². The van der Waals surface area contributed by atoms with Crippen LogP contribution in [0.4, 0.5) is 0 Å². The molecular formula is C17H22ClNO2. The monoisotopic (exact) mass is 307 g/mol. The van der Waals surface area contributed by atoms with Crippen LogP contribution in [0.25, 0.3) is 0 Å². The van der Waals surface area contributed by atoms with Crippen molar-refractivity contribution in [1.82, 2.24) is 5.32 Å². The molecule has 0 amide bonds. The van der Waals surface area contributed by atoms with Crippen molar-refractivity contribution in [2.24, 2.45) is 5.92 Å². The van der Waals surface area contributed by atoms with Gasteiger partial charge in [-0.15, -0.1) is 0 Å². The first-order valence-electron chi connectivity index (χ1n) is 7.90. The number of carboxylic acid groups (broad SMARTS) is 1. The zero-order chi connectivity index (χ0) is 14.9. The van der Waals surface area contributed by atoms with E-state index < -0.39 is 11.5 Å². The maximum Gasteiger partial charge on any atom is 0.328 e. The second-order valence-corrected chi connectivity index (χ2v) is 6.81. The highest BCUT2D eigenvalue weighted by Gasteiger charge is 2.53. The van der Waals surface area contributed by atoms with Crippen LogP contribution in [-0.2, 0) is 10.3 Å². The molecule has 1 aromatic rings. The number of carboxylic acids is 1. The summed E-state index contributed by atoms with van der Waals surface area (Å²) in [5.41, 5.74) is -0.0976. The third kappa shape index (κ3) is 2.95. The zero-order valence-electron chi connectivity index (χ0n) is 12.1. The number of carbonyl (C=O) groups is 1. The first kappa shape index (κ1) is 14.9. The maximum absolute atomic E-state index is 12.2. The molecule has 2 aliphatic rings. The molecule has 2 N–H and O–H groups in total. The van der Waals surface area contributed by atoms with E-state index in [1.54, 1.807) is 12.1 Å². The third-order valence-corrected chi connectivity index (χ3v) is 5.12. The Morgan fingerprint density at radius 3 is 2.24 bits per heavy atom. The molecule has 2 aliphatic carbocycles. The average Bonchev–Trinajstić information content (AvgIpc) is 3.31. The van der Waals surface area contributed by atoms with E-state index in [-0.39, 0.29) is 5.92 Å². The van der Waals surface area contributed by atoms with Gasteiger partial charge in [-0.3, -0.25) is 5.32 Å². The van der Waals surface area contributed by atoms with Crippen molar-refractivity contribution in [2.75, 3.05) is 0 Å². The van der Waals surface area contributed by atoms with Gasteiger partial charge in [0.1, 0.15) is 5.54 Å².